The number of carbonyl (C=O) groups is 2. The van der Waals surface area contributed by atoms with E-state index in [4.69, 9.17) is 5.26 Å². The molecule has 0 bridgehead atoms. The first kappa shape index (κ1) is 13.4. The number of nitrogens with zero attached hydrogens (tertiary/aromatic N) is 1. The number of nitrogens with one attached hydrogen (secondary N) is 2. The maximum atomic E-state index is 11.0. The molecule has 0 unspecified atom stereocenters. The maximum Gasteiger partial charge on any atom is 0.306 e. The summed E-state index contributed by atoms with van der Waals surface area (Å²) in [7, 11) is 1.32. The third kappa shape index (κ3) is 8.71. The standard InChI is InChI=1S/C9H15N3O3/c1-15-9(14)3-6-11-7-8(13)12-5-2-4-10/h11H,2-3,5-7H2,1H3,(H,12,13). The van der Waals surface area contributed by atoms with Gasteiger partial charge in [-0.3, -0.25) is 9.59 Å². The Balaban J connectivity index is 3.32. The van der Waals surface area contributed by atoms with E-state index in [1.54, 1.807) is 0 Å². The van der Waals surface area contributed by atoms with Crippen molar-refractivity contribution in [2.45, 2.75) is 12.8 Å². The Morgan fingerprint density at radius 3 is 2.73 bits per heavy atom. The van der Waals surface area contributed by atoms with Gasteiger partial charge in [0.05, 0.1) is 32.6 Å². The van der Waals surface area contributed by atoms with Crippen molar-refractivity contribution in [2.24, 2.45) is 0 Å². The molecule has 2 N–H and O–H groups in total. The van der Waals surface area contributed by atoms with Gasteiger partial charge in [-0.25, -0.2) is 0 Å². The Morgan fingerprint density at radius 2 is 2.13 bits per heavy atom. The monoisotopic (exact) mass is 213 g/mol. The number of ether oxygens (including phenoxy) is 1. The van der Waals surface area contributed by atoms with Gasteiger partial charge in [0.25, 0.3) is 0 Å². The fourth-order valence-corrected chi connectivity index (χ4v) is 0.815. The van der Waals surface area contributed by atoms with E-state index in [0.29, 0.717) is 19.5 Å². The van der Waals surface area contributed by atoms with Crippen molar-refractivity contribution in [1.82, 2.24) is 10.6 Å². The van der Waals surface area contributed by atoms with E-state index >= 15 is 0 Å². The van der Waals surface area contributed by atoms with Crippen LogP contribution in [0.25, 0.3) is 0 Å². The second-order valence-electron chi connectivity index (χ2n) is 2.76. The second kappa shape index (κ2) is 8.97. The topological polar surface area (TPSA) is 91.2 Å². The Hall–Kier alpha value is -1.61. The third-order valence-electron chi connectivity index (χ3n) is 1.58. The highest BCUT2D eigenvalue weighted by molar-refractivity contribution is 5.78. The maximum absolute atomic E-state index is 11.0. The Kier molecular flexibility index (Phi) is 8.00. The molecule has 0 radical (unpaired) electrons. The van der Waals surface area contributed by atoms with Gasteiger partial charge in [-0.05, 0) is 0 Å². The molecule has 84 valence electrons. The summed E-state index contributed by atoms with van der Waals surface area (Å²) >= 11 is 0. The molecule has 15 heavy (non-hydrogen) atoms. The van der Waals surface area contributed by atoms with E-state index < -0.39 is 0 Å². The zero-order valence-corrected chi connectivity index (χ0v) is 8.71. The molecule has 0 aliphatic heterocycles. The van der Waals surface area contributed by atoms with Crippen molar-refractivity contribution in [3.8, 4) is 6.07 Å². The second-order valence-corrected chi connectivity index (χ2v) is 2.76. The first-order valence-electron chi connectivity index (χ1n) is 4.62. The van der Waals surface area contributed by atoms with Crippen molar-refractivity contribution >= 4 is 11.9 Å². The molecule has 0 fully saturated rings. The Morgan fingerprint density at radius 1 is 1.40 bits per heavy atom. The van der Waals surface area contributed by atoms with Gasteiger partial charge in [-0.15, -0.1) is 0 Å². The van der Waals surface area contributed by atoms with Gasteiger partial charge >= 0.3 is 5.97 Å². The van der Waals surface area contributed by atoms with E-state index in [-0.39, 0.29) is 24.8 Å². The normalized spacial score (nSPS) is 9.07. The number of methoxy groups -OCH3 is 1. The molecule has 0 aromatic heterocycles. The summed E-state index contributed by atoms with van der Waals surface area (Å²) in [6.07, 6.45) is 0.538. The van der Waals surface area contributed by atoms with Crippen LogP contribution in [0.5, 0.6) is 0 Å². The molecular formula is C9H15N3O3. The van der Waals surface area contributed by atoms with E-state index in [1.165, 1.54) is 7.11 Å². The molecule has 0 atom stereocenters. The highest BCUT2D eigenvalue weighted by Gasteiger charge is 2.01. The third-order valence-corrected chi connectivity index (χ3v) is 1.58. The molecule has 0 spiro atoms. The smallest absolute Gasteiger partial charge is 0.306 e. The Labute approximate surface area is 88.6 Å². The zero-order valence-electron chi connectivity index (χ0n) is 8.71. The summed E-state index contributed by atoms with van der Waals surface area (Å²) in [5.41, 5.74) is 0. The van der Waals surface area contributed by atoms with Gasteiger partial charge in [-0.2, -0.15) is 5.26 Å². The molecule has 1 amide bonds. The first-order valence-corrected chi connectivity index (χ1v) is 4.62. The van der Waals surface area contributed by atoms with Gasteiger partial charge in [0, 0.05) is 13.1 Å². The van der Waals surface area contributed by atoms with Crippen LogP contribution >= 0.6 is 0 Å². The Bertz CT molecular complexity index is 247. The van der Waals surface area contributed by atoms with Crippen molar-refractivity contribution in [3.05, 3.63) is 0 Å². The summed E-state index contributed by atoms with van der Waals surface area (Å²) in [4.78, 5) is 21.7. The molecule has 0 rings (SSSR count). The van der Waals surface area contributed by atoms with Crippen LogP contribution in [0.4, 0.5) is 0 Å². The lowest BCUT2D eigenvalue weighted by atomic mass is 10.4. The van der Waals surface area contributed by atoms with Crippen molar-refractivity contribution in [3.63, 3.8) is 0 Å². The van der Waals surface area contributed by atoms with Crippen LogP contribution in [0.1, 0.15) is 12.8 Å². The zero-order chi connectivity index (χ0) is 11.5. The van der Waals surface area contributed by atoms with Crippen LogP contribution in [0.2, 0.25) is 0 Å². The minimum Gasteiger partial charge on any atom is -0.469 e. The molecule has 0 saturated carbocycles. The van der Waals surface area contributed by atoms with Crippen LogP contribution in [-0.4, -0.2) is 38.6 Å². The average Bonchev–Trinajstić information content (AvgIpc) is 2.24. The summed E-state index contributed by atoms with van der Waals surface area (Å²) in [6, 6.07) is 1.92. The molecule has 0 aromatic carbocycles. The SMILES string of the molecule is COC(=O)CCNCC(=O)NCCC#N. The number of amides is 1. The van der Waals surface area contributed by atoms with E-state index in [9.17, 15) is 9.59 Å². The quantitative estimate of drug-likeness (QED) is 0.425. The number of hydrogen-bond donors (Lipinski definition) is 2. The number of carbonyl (C=O) groups excluding carboxylic acids is 2. The minimum absolute atomic E-state index is 0.141. The van der Waals surface area contributed by atoms with E-state index in [0.717, 1.165) is 0 Å². The van der Waals surface area contributed by atoms with Crippen LogP contribution in [0, 0.1) is 11.3 Å². The minimum atomic E-state index is -0.313. The van der Waals surface area contributed by atoms with Crippen LogP contribution < -0.4 is 10.6 Å². The molecule has 6 nitrogen and oxygen atoms in total. The number of esters is 1. The van der Waals surface area contributed by atoms with Gasteiger partial charge in [0.2, 0.25) is 5.91 Å². The van der Waals surface area contributed by atoms with E-state index in [2.05, 4.69) is 15.4 Å². The predicted molar refractivity (Wildman–Crippen MR) is 52.7 cm³/mol. The first-order chi connectivity index (χ1) is 7.20. The van der Waals surface area contributed by atoms with Crippen LogP contribution in [-0.2, 0) is 14.3 Å². The van der Waals surface area contributed by atoms with Crippen LogP contribution in [0.3, 0.4) is 0 Å². The highest BCUT2D eigenvalue weighted by Crippen LogP contribution is 1.80. The van der Waals surface area contributed by atoms with Crippen molar-refractivity contribution in [1.29, 1.82) is 5.26 Å². The fourth-order valence-electron chi connectivity index (χ4n) is 0.815. The lowest BCUT2D eigenvalue weighted by Gasteiger charge is -2.04. The summed E-state index contributed by atoms with van der Waals surface area (Å²) < 4.78 is 4.42. The summed E-state index contributed by atoms with van der Waals surface area (Å²) in [5.74, 6) is -0.498. The van der Waals surface area contributed by atoms with Gasteiger partial charge in [0.1, 0.15) is 0 Å². The molecule has 0 aliphatic carbocycles. The number of rotatable bonds is 7. The molecule has 0 aromatic rings. The van der Waals surface area contributed by atoms with Crippen molar-refractivity contribution in [2.75, 3.05) is 26.7 Å². The molecule has 0 aliphatic rings. The number of nitriles is 1. The van der Waals surface area contributed by atoms with Gasteiger partial charge < -0.3 is 15.4 Å². The van der Waals surface area contributed by atoms with Gasteiger partial charge in [-0.1, -0.05) is 0 Å². The number of hydrogen-bond acceptors (Lipinski definition) is 5. The fraction of sp³-hybridized carbons (Fsp3) is 0.667. The van der Waals surface area contributed by atoms with Crippen molar-refractivity contribution < 1.29 is 14.3 Å². The molecular weight excluding hydrogens is 198 g/mol. The van der Waals surface area contributed by atoms with Crippen LogP contribution in [0.15, 0.2) is 0 Å². The predicted octanol–water partition coefficient (Wildman–Crippen LogP) is -0.831. The average molecular weight is 213 g/mol. The lowest BCUT2D eigenvalue weighted by molar-refractivity contribution is -0.140. The lowest BCUT2D eigenvalue weighted by Crippen LogP contribution is -2.35. The molecule has 0 heterocycles. The highest BCUT2D eigenvalue weighted by atomic mass is 16.5. The summed E-state index contributed by atoms with van der Waals surface area (Å²) in [6.45, 7) is 0.898. The van der Waals surface area contributed by atoms with Gasteiger partial charge in [0.15, 0.2) is 0 Å². The largest absolute Gasteiger partial charge is 0.469 e. The molecule has 6 heteroatoms. The summed E-state index contributed by atoms with van der Waals surface area (Å²) in [5, 5.41) is 13.5. The molecule has 0 saturated heterocycles. The van der Waals surface area contributed by atoms with E-state index in [1.807, 2.05) is 6.07 Å².